The van der Waals surface area contributed by atoms with Gasteiger partial charge in [-0.15, -0.1) is 5.10 Å². The number of benzene rings is 1. The Hall–Kier alpha value is -2.04. The molecular weight excluding hydrogens is 243 g/mol. The molecule has 4 nitrogen and oxygen atoms in total. The molecule has 19 heavy (non-hydrogen) atoms. The molecule has 5 heteroatoms. The number of aryl methyl sites for hydroxylation is 3. The SMILES string of the molecule is CCC=Nc1c(C)cc(-c2c(C)nnn2C)cc1F. The van der Waals surface area contributed by atoms with Gasteiger partial charge in [0.2, 0.25) is 0 Å². The third-order valence-electron chi connectivity index (χ3n) is 2.93. The Morgan fingerprint density at radius 3 is 2.63 bits per heavy atom. The summed E-state index contributed by atoms with van der Waals surface area (Å²) in [7, 11) is 1.80. The summed E-state index contributed by atoms with van der Waals surface area (Å²) in [6.45, 7) is 5.68. The van der Waals surface area contributed by atoms with Gasteiger partial charge in [0.25, 0.3) is 0 Å². The maximum Gasteiger partial charge on any atom is 0.149 e. The highest BCUT2D eigenvalue weighted by Crippen LogP contribution is 2.30. The summed E-state index contributed by atoms with van der Waals surface area (Å²) in [5.74, 6) is -0.319. The van der Waals surface area contributed by atoms with Crippen molar-refractivity contribution in [2.75, 3.05) is 0 Å². The van der Waals surface area contributed by atoms with Crippen molar-refractivity contribution < 1.29 is 4.39 Å². The quantitative estimate of drug-likeness (QED) is 0.794. The fourth-order valence-electron chi connectivity index (χ4n) is 2.08. The molecule has 0 unspecified atom stereocenters. The van der Waals surface area contributed by atoms with Crippen LogP contribution in [0.1, 0.15) is 24.6 Å². The second kappa shape index (κ2) is 5.30. The summed E-state index contributed by atoms with van der Waals surface area (Å²) in [6, 6.07) is 3.40. The van der Waals surface area contributed by atoms with E-state index in [1.165, 1.54) is 6.07 Å². The molecule has 0 saturated heterocycles. The Morgan fingerprint density at radius 2 is 2.11 bits per heavy atom. The van der Waals surface area contributed by atoms with E-state index in [9.17, 15) is 4.39 Å². The van der Waals surface area contributed by atoms with E-state index in [-0.39, 0.29) is 5.82 Å². The smallest absolute Gasteiger partial charge is 0.149 e. The molecule has 0 amide bonds. The highest BCUT2D eigenvalue weighted by molar-refractivity contribution is 5.70. The molecule has 0 aliphatic rings. The number of hydrogen-bond acceptors (Lipinski definition) is 3. The Morgan fingerprint density at radius 1 is 1.37 bits per heavy atom. The number of nitrogens with zero attached hydrogens (tertiary/aromatic N) is 4. The lowest BCUT2D eigenvalue weighted by Crippen LogP contribution is -1.96. The van der Waals surface area contributed by atoms with Gasteiger partial charge in [-0.25, -0.2) is 9.07 Å². The van der Waals surface area contributed by atoms with Gasteiger partial charge in [-0.3, -0.25) is 4.99 Å². The fraction of sp³-hybridized carbons (Fsp3) is 0.357. The summed E-state index contributed by atoms with van der Waals surface area (Å²) in [5, 5.41) is 7.92. The lowest BCUT2D eigenvalue weighted by Gasteiger charge is -2.07. The van der Waals surface area contributed by atoms with Crippen molar-refractivity contribution in [2.45, 2.75) is 27.2 Å². The summed E-state index contributed by atoms with van der Waals surface area (Å²) < 4.78 is 15.8. The van der Waals surface area contributed by atoms with Gasteiger partial charge in [-0.1, -0.05) is 12.1 Å². The average Bonchev–Trinajstić information content (AvgIpc) is 2.68. The van der Waals surface area contributed by atoms with Crippen molar-refractivity contribution in [3.63, 3.8) is 0 Å². The highest BCUT2D eigenvalue weighted by atomic mass is 19.1. The summed E-state index contributed by atoms with van der Waals surface area (Å²) in [6.07, 6.45) is 2.49. The van der Waals surface area contributed by atoms with Crippen LogP contribution in [0.25, 0.3) is 11.3 Å². The van der Waals surface area contributed by atoms with Crippen molar-refractivity contribution >= 4 is 11.9 Å². The first-order valence-corrected chi connectivity index (χ1v) is 6.24. The van der Waals surface area contributed by atoms with E-state index < -0.39 is 0 Å². The monoisotopic (exact) mass is 260 g/mol. The summed E-state index contributed by atoms with van der Waals surface area (Å²) in [4.78, 5) is 4.15. The van der Waals surface area contributed by atoms with Gasteiger partial charge in [0.05, 0.1) is 11.4 Å². The van der Waals surface area contributed by atoms with E-state index in [1.54, 1.807) is 17.9 Å². The summed E-state index contributed by atoms with van der Waals surface area (Å²) >= 11 is 0. The van der Waals surface area contributed by atoms with E-state index >= 15 is 0 Å². The van der Waals surface area contributed by atoms with Crippen molar-refractivity contribution in [3.05, 3.63) is 29.2 Å². The average molecular weight is 260 g/mol. The minimum absolute atomic E-state index is 0.319. The first kappa shape index (κ1) is 13.4. The normalized spacial score (nSPS) is 11.4. The van der Waals surface area contributed by atoms with Crippen LogP contribution >= 0.6 is 0 Å². The molecule has 0 radical (unpaired) electrons. The molecule has 1 aromatic carbocycles. The number of halogens is 1. The van der Waals surface area contributed by atoms with Crippen LogP contribution < -0.4 is 0 Å². The van der Waals surface area contributed by atoms with Crippen LogP contribution in [0.3, 0.4) is 0 Å². The molecule has 0 aliphatic heterocycles. The van der Waals surface area contributed by atoms with E-state index in [4.69, 9.17) is 0 Å². The van der Waals surface area contributed by atoms with Gasteiger partial charge in [0.15, 0.2) is 0 Å². The highest BCUT2D eigenvalue weighted by Gasteiger charge is 2.13. The van der Waals surface area contributed by atoms with Crippen molar-refractivity contribution in [1.82, 2.24) is 15.0 Å². The Balaban J connectivity index is 2.54. The Bertz CT molecular complexity index is 586. The van der Waals surface area contributed by atoms with Gasteiger partial charge in [-0.2, -0.15) is 0 Å². The fourth-order valence-corrected chi connectivity index (χ4v) is 2.08. The molecule has 0 fully saturated rings. The van der Waals surface area contributed by atoms with Crippen LogP contribution in [0, 0.1) is 19.7 Å². The maximum atomic E-state index is 14.1. The molecule has 2 aromatic rings. The molecule has 0 saturated carbocycles. The van der Waals surface area contributed by atoms with Gasteiger partial charge in [0, 0.05) is 18.8 Å². The van der Waals surface area contributed by atoms with E-state index in [1.807, 2.05) is 26.8 Å². The number of aromatic nitrogens is 3. The molecule has 0 N–H and O–H groups in total. The van der Waals surface area contributed by atoms with E-state index in [0.717, 1.165) is 28.9 Å². The Kier molecular flexibility index (Phi) is 3.74. The van der Waals surface area contributed by atoms with Crippen LogP contribution in [-0.2, 0) is 7.05 Å². The lowest BCUT2D eigenvalue weighted by atomic mass is 10.1. The van der Waals surface area contributed by atoms with Crippen molar-refractivity contribution in [1.29, 1.82) is 0 Å². The van der Waals surface area contributed by atoms with Gasteiger partial charge < -0.3 is 0 Å². The molecular formula is C14H17FN4. The van der Waals surface area contributed by atoms with Crippen molar-refractivity contribution in [2.24, 2.45) is 12.0 Å². The second-order valence-corrected chi connectivity index (χ2v) is 4.49. The van der Waals surface area contributed by atoms with Crippen LogP contribution in [0.2, 0.25) is 0 Å². The molecule has 0 spiro atoms. The van der Waals surface area contributed by atoms with E-state index in [0.29, 0.717) is 5.69 Å². The van der Waals surface area contributed by atoms with Crippen LogP contribution in [0.4, 0.5) is 10.1 Å². The Labute approximate surface area is 112 Å². The van der Waals surface area contributed by atoms with E-state index in [2.05, 4.69) is 15.3 Å². The second-order valence-electron chi connectivity index (χ2n) is 4.49. The zero-order valence-electron chi connectivity index (χ0n) is 11.6. The largest absolute Gasteiger partial charge is 0.258 e. The minimum atomic E-state index is -0.319. The predicted molar refractivity (Wildman–Crippen MR) is 74.3 cm³/mol. The molecule has 2 rings (SSSR count). The molecule has 1 aromatic heterocycles. The van der Waals surface area contributed by atoms with Crippen LogP contribution in [0.5, 0.6) is 0 Å². The predicted octanol–water partition coefficient (Wildman–Crippen LogP) is 3.35. The molecule has 0 aliphatic carbocycles. The molecule has 0 atom stereocenters. The number of rotatable bonds is 3. The van der Waals surface area contributed by atoms with Gasteiger partial charge in [0.1, 0.15) is 11.5 Å². The molecule has 100 valence electrons. The number of hydrogen-bond donors (Lipinski definition) is 0. The zero-order chi connectivity index (χ0) is 14.0. The number of aliphatic imine (C=N–C) groups is 1. The first-order chi connectivity index (χ1) is 9.04. The molecule has 1 heterocycles. The third-order valence-corrected chi connectivity index (χ3v) is 2.93. The minimum Gasteiger partial charge on any atom is -0.258 e. The van der Waals surface area contributed by atoms with Crippen molar-refractivity contribution in [3.8, 4) is 11.3 Å². The van der Waals surface area contributed by atoms with Crippen LogP contribution in [-0.4, -0.2) is 21.2 Å². The maximum absolute atomic E-state index is 14.1. The summed E-state index contributed by atoms with van der Waals surface area (Å²) in [5.41, 5.74) is 3.59. The van der Waals surface area contributed by atoms with Crippen LogP contribution in [0.15, 0.2) is 17.1 Å². The van der Waals surface area contributed by atoms with Gasteiger partial charge >= 0.3 is 0 Å². The van der Waals surface area contributed by atoms with Gasteiger partial charge in [-0.05, 0) is 38.0 Å². The first-order valence-electron chi connectivity index (χ1n) is 6.24. The third kappa shape index (κ3) is 2.54. The topological polar surface area (TPSA) is 43.1 Å². The standard InChI is InChI=1S/C14H17FN4/c1-5-6-16-13-9(2)7-11(8-12(13)15)14-10(3)17-18-19(14)4/h6-8H,5H2,1-4H3. The molecule has 0 bridgehead atoms. The zero-order valence-corrected chi connectivity index (χ0v) is 11.6. The lowest BCUT2D eigenvalue weighted by molar-refractivity contribution is 0.629.